The van der Waals surface area contributed by atoms with E-state index in [1.165, 1.54) is 11.6 Å². The quantitative estimate of drug-likeness (QED) is 0.515. The standard InChI is InChI=1S/C21H26FNSi/c1-4-24(5-2,6-3)15-14-19-16-20(22)12-13-21(19)23-17-18-10-8-7-9-11-18/h7-13,16,23H,4-6,17H2,1-3H3. The molecule has 0 spiro atoms. The monoisotopic (exact) mass is 339 g/mol. The predicted molar refractivity (Wildman–Crippen MR) is 104 cm³/mol. The van der Waals surface area contributed by atoms with E-state index in [-0.39, 0.29) is 5.82 Å². The fourth-order valence-corrected chi connectivity index (χ4v) is 5.21. The van der Waals surface area contributed by atoms with E-state index in [0.29, 0.717) is 6.54 Å². The molecule has 0 atom stereocenters. The van der Waals surface area contributed by atoms with E-state index in [1.807, 2.05) is 18.2 Å². The Labute approximate surface area is 146 Å². The molecule has 0 radical (unpaired) electrons. The van der Waals surface area contributed by atoms with Crippen LogP contribution in [0.1, 0.15) is 31.9 Å². The van der Waals surface area contributed by atoms with Gasteiger partial charge in [0.15, 0.2) is 0 Å². The second kappa shape index (κ2) is 8.70. The first-order valence-electron chi connectivity index (χ1n) is 8.73. The summed E-state index contributed by atoms with van der Waals surface area (Å²) in [6, 6.07) is 18.5. The zero-order valence-electron chi connectivity index (χ0n) is 14.8. The molecule has 24 heavy (non-hydrogen) atoms. The maximum absolute atomic E-state index is 13.7. The van der Waals surface area contributed by atoms with Gasteiger partial charge in [0.2, 0.25) is 0 Å². The third-order valence-corrected chi connectivity index (χ3v) is 9.52. The first kappa shape index (κ1) is 18.3. The van der Waals surface area contributed by atoms with Crippen molar-refractivity contribution in [3.05, 3.63) is 65.5 Å². The number of rotatable bonds is 6. The zero-order chi connectivity index (χ0) is 17.4. The molecule has 0 amide bonds. The lowest BCUT2D eigenvalue weighted by atomic mass is 10.1. The van der Waals surface area contributed by atoms with Gasteiger partial charge in [-0.25, -0.2) is 4.39 Å². The van der Waals surface area contributed by atoms with Gasteiger partial charge in [-0.3, -0.25) is 0 Å². The molecule has 2 rings (SSSR count). The number of benzene rings is 2. The number of hydrogen-bond acceptors (Lipinski definition) is 1. The van der Waals surface area contributed by atoms with Crippen LogP contribution in [0.25, 0.3) is 0 Å². The molecule has 0 unspecified atom stereocenters. The number of nitrogens with one attached hydrogen (secondary N) is 1. The highest BCUT2D eigenvalue weighted by molar-refractivity contribution is 6.87. The van der Waals surface area contributed by atoms with Crippen LogP contribution in [0.15, 0.2) is 48.5 Å². The van der Waals surface area contributed by atoms with Gasteiger partial charge in [0.05, 0.1) is 5.69 Å². The van der Waals surface area contributed by atoms with Gasteiger partial charge in [0, 0.05) is 12.1 Å². The van der Waals surface area contributed by atoms with Crippen molar-refractivity contribution in [1.29, 1.82) is 0 Å². The van der Waals surface area contributed by atoms with Gasteiger partial charge >= 0.3 is 0 Å². The van der Waals surface area contributed by atoms with Crippen molar-refractivity contribution in [3.8, 4) is 11.5 Å². The second-order valence-electron chi connectivity index (χ2n) is 6.12. The summed E-state index contributed by atoms with van der Waals surface area (Å²) in [7, 11) is -1.54. The molecule has 3 heteroatoms. The summed E-state index contributed by atoms with van der Waals surface area (Å²) in [6.45, 7) is 7.40. The summed E-state index contributed by atoms with van der Waals surface area (Å²) in [5.41, 5.74) is 6.41. The summed E-state index contributed by atoms with van der Waals surface area (Å²) in [5.74, 6) is 3.06. The number of halogens is 1. The van der Waals surface area contributed by atoms with Crippen molar-refractivity contribution < 1.29 is 4.39 Å². The van der Waals surface area contributed by atoms with Gasteiger partial charge in [-0.2, -0.15) is 0 Å². The van der Waals surface area contributed by atoms with Crippen LogP contribution >= 0.6 is 0 Å². The van der Waals surface area contributed by atoms with Crippen molar-refractivity contribution in [2.75, 3.05) is 5.32 Å². The largest absolute Gasteiger partial charge is 0.380 e. The maximum atomic E-state index is 13.7. The first-order valence-corrected chi connectivity index (χ1v) is 11.3. The summed E-state index contributed by atoms with van der Waals surface area (Å²) < 4.78 is 13.7. The van der Waals surface area contributed by atoms with Crippen LogP contribution in [-0.2, 0) is 6.54 Å². The van der Waals surface area contributed by atoms with Crippen LogP contribution in [0.4, 0.5) is 10.1 Å². The van der Waals surface area contributed by atoms with E-state index in [1.54, 1.807) is 12.1 Å². The minimum atomic E-state index is -1.54. The van der Waals surface area contributed by atoms with Crippen molar-refractivity contribution >= 4 is 13.8 Å². The maximum Gasteiger partial charge on any atom is 0.138 e. The molecule has 0 aromatic heterocycles. The van der Waals surface area contributed by atoms with E-state index in [0.717, 1.165) is 29.4 Å². The Kier molecular flexibility index (Phi) is 6.63. The molecule has 0 saturated carbocycles. The molecule has 0 bridgehead atoms. The Bertz CT molecular complexity index is 703. The molecule has 0 saturated heterocycles. The van der Waals surface area contributed by atoms with Gasteiger partial charge in [-0.05, 0) is 41.9 Å². The number of hydrogen-bond donors (Lipinski definition) is 1. The lowest BCUT2D eigenvalue weighted by molar-refractivity contribution is 0.627. The van der Waals surface area contributed by atoms with Crippen LogP contribution < -0.4 is 5.32 Å². The predicted octanol–water partition coefficient (Wildman–Crippen LogP) is 5.84. The topological polar surface area (TPSA) is 12.0 Å². The van der Waals surface area contributed by atoms with Gasteiger partial charge in [0.1, 0.15) is 13.9 Å². The summed E-state index contributed by atoms with van der Waals surface area (Å²) >= 11 is 0. The fraction of sp³-hybridized carbons (Fsp3) is 0.333. The van der Waals surface area contributed by atoms with Gasteiger partial charge in [-0.1, -0.05) is 57.0 Å². The molecule has 126 valence electrons. The van der Waals surface area contributed by atoms with Crippen LogP contribution in [-0.4, -0.2) is 8.07 Å². The van der Waals surface area contributed by atoms with Crippen LogP contribution in [0.5, 0.6) is 0 Å². The Balaban J connectivity index is 2.25. The van der Waals surface area contributed by atoms with Crippen LogP contribution in [0.2, 0.25) is 18.1 Å². The van der Waals surface area contributed by atoms with E-state index in [9.17, 15) is 4.39 Å². The minimum absolute atomic E-state index is 0.235. The van der Waals surface area contributed by atoms with Crippen LogP contribution in [0.3, 0.4) is 0 Å². The van der Waals surface area contributed by atoms with Crippen molar-refractivity contribution in [3.63, 3.8) is 0 Å². The second-order valence-corrected chi connectivity index (χ2v) is 11.1. The van der Waals surface area contributed by atoms with Crippen LogP contribution in [0, 0.1) is 17.3 Å². The van der Waals surface area contributed by atoms with Crippen molar-refractivity contribution in [1.82, 2.24) is 0 Å². The normalized spacial score (nSPS) is 10.8. The minimum Gasteiger partial charge on any atom is -0.380 e. The third-order valence-electron chi connectivity index (χ3n) is 4.80. The van der Waals surface area contributed by atoms with E-state index in [2.05, 4.69) is 49.7 Å². The van der Waals surface area contributed by atoms with Gasteiger partial charge in [0.25, 0.3) is 0 Å². The Morgan fingerprint density at radius 2 is 1.62 bits per heavy atom. The molecule has 0 fully saturated rings. The lowest BCUT2D eigenvalue weighted by Crippen LogP contribution is -2.29. The summed E-state index contributed by atoms with van der Waals surface area (Å²) in [5, 5.41) is 3.39. The fourth-order valence-electron chi connectivity index (χ4n) is 2.78. The molecule has 0 aliphatic rings. The molecule has 1 N–H and O–H groups in total. The smallest absolute Gasteiger partial charge is 0.138 e. The highest BCUT2D eigenvalue weighted by atomic mass is 28.3. The average Bonchev–Trinajstić information content (AvgIpc) is 2.63. The van der Waals surface area contributed by atoms with Gasteiger partial charge in [-0.15, -0.1) is 5.54 Å². The summed E-state index contributed by atoms with van der Waals surface area (Å²) in [4.78, 5) is 0. The lowest BCUT2D eigenvalue weighted by Gasteiger charge is -2.20. The first-order chi connectivity index (χ1) is 11.6. The molecule has 0 aliphatic heterocycles. The SMILES string of the molecule is CC[Si](C#Cc1cc(F)ccc1NCc1ccccc1)(CC)CC. The molecule has 1 nitrogen and oxygen atoms in total. The molecule has 0 aliphatic carbocycles. The van der Waals surface area contributed by atoms with E-state index >= 15 is 0 Å². The molecule has 2 aromatic carbocycles. The summed E-state index contributed by atoms with van der Waals surface area (Å²) in [6.07, 6.45) is 0. The van der Waals surface area contributed by atoms with Gasteiger partial charge < -0.3 is 5.32 Å². The Morgan fingerprint density at radius 1 is 0.958 bits per heavy atom. The van der Waals surface area contributed by atoms with E-state index in [4.69, 9.17) is 0 Å². The number of anilines is 1. The Hall–Kier alpha value is -2.05. The highest BCUT2D eigenvalue weighted by Crippen LogP contribution is 2.21. The highest BCUT2D eigenvalue weighted by Gasteiger charge is 2.24. The third kappa shape index (κ3) is 4.72. The molecule has 0 heterocycles. The molecular weight excluding hydrogens is 313 g/mol. The van der Waals surface area contributed by atoms with Crippen molar-refractivity contribution in [2.24, 2.45) is 0 Å². The molecular formula is C21H26FNSi. The Morgan fingerprint density at radius 3 is 2.25 bits per heavy atom. The molecule has 2 aromatic rings. The van der Waals surface area contributed by atoms with Crippen molar-refractivity contribution in [2.45, 2.75) is 45.4 Å². The average molecular weight is 340 g/mol. The van der Waals surface area contributed by atoms with E-state index < -0.39 is 8.07 Å². The zero-order valence-corrected chi connectivity index (χ0v) is 15.8.